The number of aryl methyl sites for hydroxylation is 1. The lowest BCUT2D eigenvalue weighted by Gasteiger charge is -2.27. The van der Waals surface area contributed by atoms with Gasteiger partial charge in [-0.2, -0.15) is 15.5 Å². The van der Waals surface area contributed by atoms with Gasteiger partial charge < -0.3 is 5.32 Å². The summed E-state index contributed by atoms with van der Waals surface area (Å²) in [5, 5.41) is 28.4. The predicted molar refractivity (Wildman–Crippen MR) is 104 cm³/mol. The number of aromatic nitrogens is 4. The maximum atomic E-state index is 9.14. The molecule has 0 spiro atoms. The van der Waals surface area contributed by atoms with E-state index in [0.29, 0.717) is 0 Å². The number of fused-ring (bicyclic) bond motifs is 2. The third-order valence-corrected chi connectivity index (χ3v) is 5.25. The lowest BCUT2D eigenvalue weighted by atomic mass is 9.86. The average Bonchev–Trinajstić information content (AvgIpc) is 3.37. The van der Waals surface area contributed by atoms with Gasteiger partial charge in [-0.3, -0.25) is 10.2 Å². The first-order valence-electron chi connectivity index (χ1n) is 9.09. The fourth-order valence-corrected chi connectivity index (χ4v) is 3.93. The number of rotatable bonds is 3. The highest BCUT2D eigenvalue weighted by Crippen LogP contribution is 2.34. The molecule has 3 N–H and O–H groups in total. The first-order chi connectivity index (χ1) is 13.3. The fourth-order valence-electron chi connectivity index (χ4n) is 3.93. The molecule has 0 unspecified atom stereocenters. The molecule has 0 aliphatic heterocycles. The smallest absolute Gasteiger partial charge is 0.118 e. The number of hydrogen-bond donors (Lipinski definition) is 3. The second-order valence-corrected chi connectivity index (χ2v) is 6.92. The van der Waals surface area contributed by atoms with Crippen LogP contribution in [0.5, 0.6) is 0 Å². The molecular formula is C21H18N6. The molecule has 0 saturated heterocycles. The zero-order chi connectivity index (χ0) is 18.2. The number of nitriles is 1. The molecule has 1 aliphatic rings. The number of aromatic amines is 2. The Bertz CT molecular complexity index is 1150. The van der Waals surface area contributed by atoms with Gasteiger partial charge in [0.1, 0.15) is 5.69 Å². The van der Waals surface area contributed by atoms with E-state index in [9.17, 15) is 0 Å². The van der Waals surface area contributed by atoms with Gasteiger partial charge in [0.2, 0.25) is 0 Å². The minimum absolute atomic E-state index is 0.251. The van der Waals surface area contributed by atoms with Crippen LogP contribution in [0.25, 0.3) is 22.3 Å². The summed E-state index contributed by atoms with van der Waals surface area (Å²) < 4.78 is 0. The van der Waals surface area contributed by atoms with Crippen molar-refractivity contribution in [2.75, 3.05) is 5.32 Å². The van der Waals surface area contributed by atoms with Crippen LogP contribution in [0.1, 0.15) is 35.6 Å². The lowest BCUT2D eigenvalue weighted by Crippen LogP contribution is -2.17. The van der Waals surface area contributed by atoms with Crippen molar-refractivity contribution < 1.29 is 0 Å². The predicted octanol–water partition coefficient (Wildman–Crippen LogP) is 4.31. The zero-order valence-corrected chi connectivity index (χ0v) is 14.7. The summed E-state index contributed by atoms with van der Waals surface area (Å²) in [6.45, 7) is 0. The van der Waals surface area contributed by atoms with Crippen molar-refractivity contribution in [3.8, 4) is 17.5 Å². The van der Waals surface area contributed by atoms with Crippen LogP contribution in [-0.4, -0.2) is 20.4 Å². The molecule has 0 fully saturated rings. The van der Waals surface area contributed by atoms with E-state index < -0.39 is 0 Å². The van der Waals surface area contributed by atoms with Crippen LogP contribution in [-0.2, 0) is 6.42 Å². The van der Waals surface area contributed by atoms with E-state index in [1.54, 1.807) is 6.20 Å². The highest BCUT2D eigenvalue weighted by Gasteiger charge is 2.21. The zero-order valence-electron chi connectivity index (χ0n) is 14.7. The van der Waals surface area contributed by atoms with Gasteiger partial charge in [-0.1, -0.05) is 6.07 Å². The Kier molecular flexibility index (Phi) is 3.65. The molecule has 5 rings (SSSR count). The standard InChI is InChI=1S/C21H18N6/c22-12-13-4-6-16-14(10-13)2-1-3-18(16)24-15-5-7-19-17(11-15)21(27-26-19)20-8-9-23-25-20/h4-11,18,24H,1-3H2,(H,23,25)(H,26,27)/t18-/m1/s1. The molecule has 27 heavy (non-hydrogen) atoms. The Morgan fingerprint density at radius 2 is 2.07 bits per heavy atom. The number of benzene rings is 2. The molecular weight excluding hydrogens is 336 g/mol. The van der Waals surface area contributed by atoms with E-state index in [-0.39, 0.29) is 6.04 Å². The maximum Gasteiger partial charge on any atom is 0.118 e. The molecule has 2 heterocycles. The molecule has 6 nitrogen and oxygen atoms in total. The van der Waals surface area contributed by atoms with Crippen LogP contribution in [0, 0.1) is 11.3 Å². The van der Waals surface area contributed by atoms with Crippen LogP contribution in [0.4, 0.5) is 5.69 Å². The van der Waals surface area contributed by atoms with E-state index in [1.807, 2.05) is 24.3 Å². The first kappa shape index (κ1) is 15.6. The van der Waals surface area contributed by atoms with Crippen molar-refractivity contribution in [3.63, 3.8) is 0 Å². The summed E-state index contributed by atoms with van der Waals surface area (Å²) in [4.78, 5) is 0. The summed E-state index contributed by atoms with van der Waals surface area (Å²) >= 11 is 0. The SMILES string of the molecule is N#Cc1ccc2c(c1)CCC[C@H]2Nc1ccc2[nH]nc(-c3ccn[nH]3)c2c1. The van der Waals surface area contributed by atoms with E-state index in [4.69, 9.17) is 5.26 Å². The molecule has 1 atom stereocenters. The Morgan fingerprint density at radius 3 is 2.93 bits per heavy atom. The largest absolute Gasteiger partial charge is 0.378 e. The highest BCUT2D eigenvalue weighted by atomic mass is 15.2. The highest BCUT2D eigenvalue weighted by molar-refractivity contribution is 5.94. The third-order valence-electron chi connectivity index (χ3n) is 5.25. The normalized spacial score (nSPS) is 16.0. The summed E-state index contributed by atoms with van der Waals surface area (Å²) in [6, 6.07) is 16.7. The summed E-state index contributed by atoms with van der Waals surface area (Å²) in [6.07, 6.45) is 4.96. The van der Waals surface area contributed by atoms with Crippen molar-refractivity contribution in [3.05, 3.63) is 65.4 Å². The van der Waals surface area contributed by atoms with Gasteiger partial charge in [0.05, 0.1) is 28.9 Å². The molecule has 0 amide bonds. The quantitative estimate of drug-likeness (QED) is 0.511. The van der Waals surface area contributed by atoms with Gasteiger partial charge >= 0.3 is 0 Å². The van der Waals surface area contributed by atoms with Crippen LogP contribution in [0.2, 0.25) is 0 Å². The molecule has 0 radical (unpaired) electrons. The Morgan fingerprint density at radius 1 is 1.11 bits per heavy atom. The summed E-state index contributed by atoms with van der Waals surface area (Å²) in [7, 11) is 0. The average molecular weight is 354 g/mol. The second kappa shape index (κ2) is 6.29. The number of hydrogen-bond acceptors (Lipinski definition) is 4. The van der Waals surface area contributed by atoms with Gasteiger partial charge in [0.15, 0.2) is 0 Å². The number of nitrogens with zero attached hydrogens (tertiary/aromatic N) is 3. The van der Waals surface area contributed by atoms with Crippen molar-refractivity contribution in [2.45, 2.75) is 25.3 Å². The molecule has 1 aliphatic carbocycles. The van der Waals surface area contributed by atoms with Crippen molar-refractivity contribution in [1.82, 2.24) is 20.4 Å². The molecule has 0 bridgehead atoms. The summed E-state index contributed by atoms with van der Waals surface area (Å²) in [5.41, 5.74) is 7.12. The molecule has 2 aromatic carbocycles. The van der Waals surface area contributed by atoms with Crippen molar-refractivity contribution >= 4 is 16.6 Å². The Hall–Kier alpha value is -3.59. The van der Waals surface area contributed by atoms with Gasteiger partial charge in [0.25, 0.3) is 0 Å². The second-order valence-electron chi connectivity index (χ2n) is 6.92. The topological polar surface area (TPSA) is 93.2 Å². The first-order valence-corrected chi connectivity index (χ1v) is 9.09. The Labute approximate surface area is 156 Å². The van der Waals surface area contributed by atoms with E-state index in [2.05, 4.69) is 50.0 Å². The molecule has 4 aromatic rings. The summed E-state index contributed by atoms with van der Waals surface area (Å²) in [5.74, 6) is 0. The number of nitrogens with one attached hydrogen (secondary N) is 3. The van der Waals surface area contributed by atoms with Gasteiger partial charge in [-0.15, -0.1) is 0 Å². The van der Waals surface area contributed by atoms with Crippen LogP contribution in [0.15, 0.2) is 48.7 Å². The molecule has 6 heteroatoms. The van der Waals surface area contributed by atoms with E-state index in [0.717, 1.165) is 52.8 Å². The van der Waals surface area contributed by atoms with Crippen molar-refractivity contribution in [1.29, 1.82) is 5.26 Å². The van der Waals surface area contributed by atoms with Crippen LogP contribution < -0.4 is 5.32 Å². The lowest BCUT2D eigenvalue weighted by molar-refractivity contribution is 0.600. The van der Waals surface area contributed by atoms with Crippen LogP contribution >= 0.6 is 0 Å². The Balaban J connectivity index is 1.49. The minimum Gasteiger partial charge on any atom is -0.378 e. The molecule has 132 valence electrons. The van der Waals surface area contributed by atoms with Crippen LogP contribution in [0.3, 0.4) is 0 Å². The third kappa shape index (κ3) is 2.74. The van der Waals surface area contributed by atoms with E-state index in [1.165, 1.54) is 11.1 Å². The van der Waals surface area contributed by atoms with E-state index >= 15 is 0 Å². The van der Waals surface area contributed by atoms with Gasteiger partial charge in [-0.05, 0) is 66.8 Å². The minimum atomic E-state index is 0.251. The van der Waals surface area contributed by atoms with Crippen molar-refractivity contribution in [2.24, 2.45) is 0 Å². The maximum absolute atomic E-state index is 9.14. The fraction of sp³-hybridized carbons (Fsp3) is 0.190. The number of anilines is 1. The van der Waals surface area contributed by atoms with Gasteiger partial charge in [0, 0.05) is 17.3 Å². The monoisotopic (exact) mass is 354 g/mol. The molecule has 2 aromatic heterocycles. The molecule has 0 saturated carbocycles. The van der Waals surface area contributed by atoms with Gasteiger partial charge in [-0.25, -0.2) is 0 Å². The number of H-pyrrole nitrogens is 2.